The maximum absolute atomic E-state index is 14.7. The van der Waals surface area contributed by atoms with Gasteiger partial charge in [-0.25, -0.2) is 9.59 Å². The van der Waals surface area contributed by atoms with Gasteiger partial charge in [0.1, 0.15) is 48.1 Å². The fraction of sp³-hybridized carbons (Fsp3) is 0.404. The number of fused-ring (bicyclic) bond motifs is 4. The molecule has 2 fully saturated rings. The van der Waals surface area contributed by atoms with Gasteiger partial charge in [0, 0.05) is 58.9 Å². The van der Waals surface area contributed by atoms with Crippen molar-refractivity contribution in [2.24, 2.45) is 0 Å². The number of rotatable bonds is 18. The van der Waals surface area contributed by atoms with Crippen molar-refractivity contribution in [3.63, 3.8) is 0 Å². The highest BCUT2D eigenvalue weighted by molar-refractivity contribution is 7.82. The fourth-order valence-corrected chi connectivity index (χ4v) is 9.65. The molecule has 3 aliphatic heterocycles. The number of carbonyl (C=O) groups is 4. The van der Waals surface area contributed by atoms with E-state index >= 15 is 0 Å². The number of alkyl halides is 1. The maximum atomic E-state index is 14.7. The fourth-order valence-electron chi connectivity index (χ4n) is 8.65. The number of aliphatic carboxylic acids is 2. The number of aromatic nitrogens is 1. The Labute approximate surface area is 424 Å². The molecule has 1 aromatic heterocycles. The van der Waals surface area contributed by atoms with Crippen LogP contribution in [0.15, 0.2) is 60.7 Å². The van der Waals surface area contributed by atoms with Gasteiger partial charge in [-0.2, -0.15) is 0 Å². The minimum absolute atomic E-state index is 0.0116. The first kappa shape index (κ1) is 53.6. The second-order valence-electron chi connectivity index (χ2n) is 17.2. The molecule has 74 heavy (non-hydrogen) atoms. The zero-order chi connectivity index (χ0) is 53.5. The summed E-state index contributed by atoms with van der Waals surface area (Å²) in [5, 5.41) is 85.2. The van der Waals surface area contributed by atoms with Gasteiger partial charge in [-0.15, -0.1) is 20.0 Å². The molecule has 3 aliphatic rings. The molecular weight excluding hydrogens is 1030 g/mol. The van der Waals surface area contributed by atoms with E-state index in [0.29, 0.717) is 28.5 Å². The lowest BCUT2D eigenvalue weighted by Gasteiger charge is -2.38. The van der Waals surface area contributed by atoms with E-state index in [1.54, 1.807) is 19.9 Å². The summed E-state index contributed by atoms with van der Waals surface area (Å²) in [6.07, 6.45) is -19.4. The number of anilines is 1. The summed E-state index contributed by atoms with van der Waals surface area (Å²) < 4.78 is 72.7. The highest BCUT2D eigenvalue weighted by atomic mass is 35.5. The number of ether oxygens (including phenoxy) is 6. The average Bonchev–Trinajstić information content (AvgIpc) is 3.96. The molecular formula is C47H50ClN3O22S. The van der Waals surface area contributed by atoms with Gasteiger partial charge in [0.25, 0.3) is 11.8 Å². The first-order chi connectivity index (χ1) is 35.2. The third-order valence-electron chi connectivity index (χ3n) is 12.3. The van der Waals surface area contributed by atoms with E-state index in [1.807, 2.05) is 0 Å². The highest BCUT2D eigenvalue weighted by Crippen LogP contribution is 2.48. The lowest BCUT2D eigenvalue weighted by Crippen LogP contribution is -2.61. The van der Waals surface area contributed by atoms with Crippen LogP contribution < -0.4 is 37.5 Å². The zero-order valence-electron chi connectivity index (χ0n) is 39.2. The maximum Gasteiger partial charge on any atom is 0.501 e. The van der Waals surface area contributed by atoms with Crippen LogP contribution >= 0.6 is 11.6 Å². The Balaban J connectivity index is 1.14. The zero-order valence-corrected chi connectivity index (χ0v) is 40.8. The molecule has 2 saturated heterocycles. The molecule has 0 aliphatic carbocycles. The summed E-state index contributed by atoms with van der Waals surface area (Å²) in [6, 6.07) is 13.4. The van der Waals surface area contributed by atoms with Gasteiger partial charge in [0.05, 0.1) is 19.4 Å². The van der Waals surface area contributed by atoms with Crippen LogP contribution in [-0.2, 0) is 29.5 Å². The molecule has 11 atom stereocenters. The van der Waals surface area contributed by atoms with Gasteiger partial charge in [-0.05, 0) is 72.8 Å². The molecule has 25 nitrogen and oxygen atoms in total. The number of methoxy groups -OCH3 is 1. The largest absolute Gasteiger partial charge is 0.501 e. The molecule has 398 valence electrons. The molecule has 10 N–H and O–H groups in total. The highest BCUT2D eigenvalue weighted by Gasteiger charge is 2.50. The Morgan fingerprint density at radius 1 is 0.743 bits per heavy atom. The van der Waals surface area contributed by atoms with Gasteiger partial charge >= 0.3 is 22.3 Å². The summed E-state index contributed by atoms with van der Waals surface area (Å²) in [4.78, 5) is 55.7. The summed E-state index contributed by atoms with van der Waals surface area (Å²) in [5.41, 5.74) is 0.778. The van der Waals surface area contributed by atoms with Gasteiger partial charge in [-0.3, -0.25) is 9.59 Å². The predicted octanol–water partition coefficient (Wildman–Crippen LogP) is 1.10. The Hall–Kier alpha value is -6.72. The van der Waals surface area contributed by atoms with Crippen molar-refractivity contribution in [1.82, 2.24) is 10.3 Å². The van der Waals surface area contributed by atoms with Crippen LogP contribution in [0.25, 0.3) is 21.7 Å². The molecule has 0 saturated carbocycles. The average molecular weight is 1080 g/mol. The Morgan fingerprint density at radius 2 is 1.38 bits per heavy atom. The van der Waals surface area contributed by atoms with Crippen LogP contribution in [0.3, 0.4) is 0 Å². The monoisotopic (exact) mass is 1080 g/mol. The summed E-state index contributed by atoms with van der Waals surface area (Å²) >= 11 is 6.56. The molecule has 4 aromatic carbocycles. The number of amides is 2. The number of H-pyrrole nitrogens is 1. The van der Waals surface area contributed by atoms with Gasteiger partial charge in [0.2, 0.25) is 12.6 Å². The number of aromatic amines is 1. The summed E-state index contributed by atoms with van der Waals surface area (Å²) in [6.45, 7) is 3.76. The number of carboxylic acids is 2. The third kappa shape index (κ3) is 10.5. The van der Waals surface area contributed by atoms with Crippen molar-refractivity contribution >= 4 is 73.1 Å². The van der Waals surface area contributed by atoms with Crippen LogP contribution in [-0.4, -0.2) is 172 Å². The molecule has 5 aromatic rings. The van der Waals surface area contributed by atoms with Crippen LogP contribution in [0.1, 0.15) is 52.6 Å². The van der Waals surface area contributed by atoms with Crippen molar-refractivity contribution < 1.29 is 105 Å². The molecule has 8 rings (SSSR count). The molecule has 0 spiro atoms. The third-order valence-corrected chi connectivity index (χ3v) is 13.5. The van der Waals surface area contributed by atoms with Crippen LogP contribution in [0.2, 0.25) is 0 Å². The van der Waals surface area contributed by atoms with Crippen molar-refractivity contribution in [1.29, 1.82) is 0 Å². The van der Waals surface area contributed by atoms with E-state index in [0.717, 1.165) is 12.1 Å². The van der Waals surface area contributed by atoms with E-state index in [1.165, 1.54) is 54.5 Å². The van der Waals surface area contributed by atoms with E-state index < -0.39 is 113 Å². The van der Waals surface area contributed by atoms with Crippen LogP contribution in [0, 0.1) is 0 Å². The number of nitrogens with one attached hydrogen (secondary N) is 2. The quantitative estimate of drug-likeness (QED) is 0.0549. The topological polar surface area (TPSA) is 369 Å². The Bertz CT molecular complexity index is 3080. The lowest BCUT2D eigenvalue weighted by molar-refractivity contribution is -0.271. The second kappa shape index (κ2) is 21.6. The van der Waals surface area contributed by atoms with Crippen molar-refractivity contribution in [2.75, 3.05) is 37.6 Å². The number of benzene rings is 4. The van der Waals surface area contributed by atoms with Crippen LogP contribution in [0.4, 0.5) is 5.69 Å². The normalized spacial score (nSPS) is 25.8. The van der Waals surface area contributed by atoms with Gasteiger partial charge < -0.3 is 92.8 Å². The standard InChI is InChI=1S/C47H50ClN3O22S/c1-4-10-49-42(58)19-6-9-28(68-46-38(56)34(52)36(54)40(70-46)44(60)61)32(12-19)73-74(64,65)72-29-16-27-33(24-14-22(66-3)7-8-23(24)29)21(17-48)18-51(27)43(59)26-11-20-13-30(67-5-2)31(15-25(20)50-26)69-47-39(57)35(53)37(55)41(71-47)45(62)63/h6-9,11-16,21,34-41,46-47,50,52-57H,4-5,10,17-18H2,1-3H3,(H,49,58)(H,60,61)(H,62,63)/t21-,34+,35+,36+,37+,38-,39-,40+,41+,46-,47?/m1/s1. The molecule has 27 heteroatoms. The van der Waals surface area contributed by atoms with Crippen LogP contribution in [0.5, 0.6) is 34.5 Å². The number of nitrogens with zero attached hydrogens (tertiary/aromatic N) is 1. The Kier molecular flexibility index (Phi) is 15.7. The smallest absolute Gasteiger partial charge is 0.497 e. The Morgan fingerprint density at radius 3 is 1.97 bits per heavy atom. The van der Waals surface area contributed by atoms with E-state index in [9.17, 15) is 68.4 Å². The van der Waals surface area contributed by atoms with E-state index in [-0.39, 0.29) is 70.7 Å². The minimum Gasteiger partial charge on any atom is -0.497 e. The number of hydrogen-bond donors (Lipinski definition) is 10. The van der Waals surface area contributed by atoms with Crippen molar-refractivity contribution in [3.05, 3.63) is 77.5 Å². The van der Waals surface area contributed by atoms with Gasteiger partial charge in [0.15, 0.2) is 41.0 Å². The molecule has 1 unspecified atom stereocenters. The van der Waals surface area contributed by atoms with Gasteiger partial charge in [-0.1, -0.05) is 6.92 Å². The molecule has 0 bridgehead atoms. The minimum atomic E-state index is -5.33. The number of aliphatic hydroxyl groups is 6. The predicted molar refractivity (Wildman–Crippen MR) is 254 cm³/mol. The number of carbonyl (C=O) groups excluding carboxylic acids is 2. The first-order valence-corrected chi connectivity index (χ1v) is 24.6. The molecule has 2 amide bonds. The second-order valence-corrected chi connectivity index (χ2v) is 18.6. The lowest BCUT2D eigenvalue weighted by atomic mass is 9.95. The van der Waals surface area contributed by atoms with E-state index in [2.05, 4.69) is 10.3 Å². The first-order valence-electron chi connectivity index (χ1n) is 22.7. The number of halogens is 1. The molecule has 4 heterocycles. The van der Waals surface area contributed by atoms with E-state index in [4.69, 9.17) is 48.4 Å². The van der Waals surface area contributed by atoms with Crippen molar-refractivity contribution in [3.8, 4) is 34.5 Å². The van der Waals surface area contributed by atoms with Crippen molar-refractivity contribution in [2.45, 2.75) is 87.6 Å². The number of aliphatic hydroxyl groups excluding tert-OH is 6. The SMILES string of the molecule is CCCNC(=O)c1ccc(O[C@@H]2O[C@H](C(=O)O)[C@@H](O)[C@H](O)[C@H]2O)c(OS(=O)(=O)Oc2cc3c(c4cc(OC)ccc24)[C@H](CCl)CN3C(=O)c2cc3cc(OCC)c(OC4O[C@H](C(=O)O)[C@@H](O)[C@H](O)[C@H]4O)cc3[nH]2)c1. The molecule has 0 radical (unpaired) electrons. The number of hydrogen-bond acceptors (Lipinski definition) is 20. The summed E-state index contributed by atoms with van der Waals surface area (Å²) in [5.74, 6) is -6.60. The summed E-state index contributed by atoms with van der Waals surface area (Å²) in [7, 11) is -3.92. The number of carboxylic acid groups (broad SMARTS) is 2.